The van der Waals surface area contributed by atoms with Gasteiger partial charge in [0, 0.05) is 0 Å². The standard InChI is InChI=1S/C10H8BF4O/c1-7(16)2-3-8-4-5-10(12)9(6-8)11(13,14)15/h2-6H,1H3/q-1/b3-2+. The van der Waals surface area contributed by atoms with Gasteiger partial charge in [-0.05, 0) is 24.6 Å². The van der Waals surface area contributed by atoms with Crippen LogP contribution in [-0.2, 0) is 4.79 Å². The van der Waals surface area contributed by atoms with Crippen LogP contribution in [0.4, 0.5) is 17.3 Å². The Kier molecular flexibility index (Phi) is 3.52. The Balaban J connectivity index is 3.13. The van der Waals surface area contributed by atoms with Crippen molar-refractivity contribution >= 4 is 24.3 Å². The zero-order valence-corrected chi connectivity index (χ0v) is 8.38. The van der Waals surface area contributed by atoms with E-state index in [1.54, 1.807) is 0 Å². The number of ketones is 1. The van der Waals surface area contributed by atoms with Crippen LogP contribution in [0, 0.1) is 5.82 Å². The van der Waals surface area contributed by atoms with Crippen LogP contribution < -0.4 is 5.46 Å². The highest BCUT2D eigenvalue weighted by Crippen LogP contribution is 2.13. The Morgan fingerprint density at radius 1 is 1.31 bits per heavy atom. The van der Waals surface area contributed by atoms with Crippen molar-refractivity contribution in [1.82, 2.24) is 0 Å². The molecule has 0 atom stereocenters. The van der Waals surface area contributed by atoms with Gasteiger partial charge in [-0.3, -0.25) is 4.79 Å². The number of hydrogen-bond donors (Lipinski definition) is 0. The smallest absolute Gasteiger partial charge is 0.445 e. The van der Waals surface area contributed by atoms with Gasteiger partial charge in [0.1, 0.15) is 0 Å². The van der Waals surface area contributed by atoms with Gasteiger partial charge >= 0.3 is 6.98 Å². The van der Waals surface area contributed by atoms with E-state index in [-0.39, 0.29) is 11.3 Å². The maximum Gasteiger partial charge on any atom is 0.512 e. The molecule has 0 unspecified atom stereocenters. The molecule has 0 fully saturated rings. The summed E-state index contributed by atoms with van der Waals surface area (Å²) in [4.78, 5) is 10.6. The fourth-order valence-electron chi connectivity index (χ4n) is 1.13. The summed E-state index contributed by atoms with van der Waals surface area (Å²) in [5.74, 6) is -1.59. The molecule has 0 bridgehead atoms. The van der Waals surface area contributed by atoms with Crippen LogP contribution in [0.5, 0.6) is 0 Å². The minimum atomic E-state index is -5.37. The average Bonchev–Trinajstić information content (AvgIpc) is 2.14. The molecule has 0 saturated carbocycles. The molecule has 0 N–H and O–H groups in total. The number of halogens is 4. The maximum atomic E-state index is 12.9. The zero-order chi connectivity index (χ0) is 12.3. The van der Waals surface area contributed by atoms with Crippen LogP contribution in [0.15, 0.2) is 24.3 Å². The lowest BCUT2D eigenvalue weighted by Gasteiger charge is -2.16. The van der Waals surface area contributed by atoms with E-state index < -0.39 is 18.3 Å². The Morgan fingerprint density at radius 2 is 1.94 bits per heavy atom. The summed E-state index contributed by atoms with van der Waals surface area (Å²) in [5.41, 5.74) is -1.13. The van der Waals surface area contributed by atoms with E-state index in [1.165, 1.54) is 19.1 Å². The van der Waals surface area contributed by atoms with E-state index in [0.717, 1.165) is 12.1 Å². The van der Waals surface area contributed by atoms with Crippen molar-refractivity contribution in [2.75, 3.05) is 0 Å². The summed E-state index contributed by atoms with van der Waals surface area (Å²) in [5, 5.41) is 0. The van der Waals surface area contributed by atoms with E-state index in [2.05, 4.69) is 0 Å². The lowest BCUT2D eigenvalue weighted by Crippen LogP contribution is -2.36. The Labute approximate surface area is 89.8 Å². The molecule has 0 spiro atoms. The summed E-state index contributed by atoms with van der Waals surface area (Å²) in [7, 11) is 0. The summed E-state index contributed by atoms with van der Waals surface area (Å²) in [6, 6.07) is 2.61. The van der Waals surface area contributed by atoms with Gasteiger partial charge in [-0.15, -0.1) is 0 Å². The second-order valence-corrected chi connectivity index (χ2v) is 3.30. The maximum absolute atomic E-state index is 12.9. The average molecular weight is 231 g/mol. The topological polar surface area (TPSA) is 17.1 Å². The SMILES string of the molecule is CC(=O)/C=C/c1ccc(F)c([B-](F)(F)F)c1. The predicted octanol–water partition coefficient (Wildman–Crippen LogP) is 2.48. The second-order valence-electron chi connectivity index (χ2n) is 3.30. The van der Waals surface area contributed by atoms with Crippen LogP contribution >= 0.6 is 0 Å². The molecule has 1 nitrogen and oxygen atoms in total. The van der Waals surface area contributed by atoms with Crippen molar-refractivity contribution in [3.05, 3.63) is 35.7 Å². The highest BCUT2D eigenvalue weighted by molar-refractivity contribution is 6.73. The molecule has 16 heavy (non-hydrogen) atoms. The lowest BCUT2D eigenvalue weighted by molar-refractivity contribution is -0.112. The molecular weight excluding hydrogens is 223 g/mol. The normalized spacial score (nSPS) is 12.1. The first-order valence-electron chi connectivity index (χ1n) is 4.49. The van der Waals surface area contributed by atoms with E-state index in [4.69, 9.17) is 0 Å². The fraction of sp³-hybridized carbons (Fsp3) is 0.100. The molecule has 0 amide bonds. The fourth-order valence-corrected chi connectivity index (χ4v) is 1.13. The Morgan fingerprint density at radius 3 is 2.44 bits per heavy atom. The van der Waals surface area contributed by atoms with Crippen LogP contribution in [0.3, 0.4) is 0 Å². The van der Waals surface area contributed by atoms with Crippen molar-refractivity contribution in [1.29, 1.82) is 0 Å². The number of carbonyl (C=O) groups is 1. The molecule has 0 heterocycles. The van der Waals surface area contributed by atoms with Gasteiger partial charge < -0.3 is 12.9 Å². The van der Waals surface area contributed by atoms with Gasteiger partial charge in [-0.2, -0.15) is 0 Å². The third kappa shape index (κ3) is 3.22. The largest absolute Gasteiger partial charge is 0.512 e. The molecule has 86 valence electrons. The number of hydrogen-bond acceptors (Lipinski definition) is 1. The van der Waals surface area contributed by atoms with E-state index in [0.29, 0.717) is 6.07 Å². The molecule has 0 aliphatic rings. The van der Waals surface area contributed by atoms with Crippen LogP contribution in [-0.4, -0.2) is 12.8 Å². The first-order valence-corrected chi connectivity index (χ1v) is 4.49. The Hall–Kier alpha value is -1.59. The van der Waals surface area contributed by atoms with E-state index in [1.807, 2.05) is 0 Å². The second kappa shape index (κ2) is 4.51. The zero-order valence-electron chi connectivity index (χ0n) is 8.38. The van der Waals surface area contributed by atoms with Gasteiger partial charge in [0.15, 0.2) is 5.78 Å². The molecular formula is C10H8BF4O-. The molecule has 6 heteroatoms. The van der Waals surface area contributed by atoms with E-state index >= 15 is 0 Å². The molecule has 1 aromatic carbocycles. The third-order valence-electron chi connectivity index (χ3n) is 1.88. The quantitative estimate of drug-likeness (QED) is 0.443. The van der Waals surface area contributed by atoms with Crippen LogP contribution in [0.1, 0.15) is 12.5 Å². The van der Waals surface area contributed by atoms with Crippen LogP contribution in [0.25, 0.3) is 6.08 Å². The van der Waals surface area contributed by atoms with Gasteiger partial charge in [-0.1, -0.05) is 23.7 Å². The molecule has 1 aromatic rings. The molecule has 1 rings (SSSR count). The first kappa shape index (κ1) is 12.5. The summed E-state index contributed by atoms with van der Waals surface area (Å²) in [6.07, 6.45) is 2.34. The number of rotatable bonds is 3. The Bertz CT molecular complexity index is 437. The van der Waals surface area contributed by atoms with Crippen LogP contribution in [0.2, 0.25) is 0 Å². The highest BCUT2D eigenvalue weighted by Gasteiger charge is 2.28. The minimum absolute atomic E-state index is 0.144. The third-order valence-corrected chi connectivity index (χ3v) is 1.88. The number of benzene rings is 1. The summed E-state index contributed by atoms with van der Waals surface area (Å²) in [6.45, 7) is -4.10. The summed E-state index contributed by atoms with van der Waals surface area (Å²) < 4.78 is 49.9. The van der Waals surface area contributed by atoms with Crippen molar-refractivity contribution in [3.63, 3.8) is 0 Å². The highest BCUT2D eigenvalue weighted by atomic mass is 19.4. The predicted molar refractivity (Wildman–Crippen MR) is 54.8 cm³/mol. The number of allylic oxidation sites excluding steroid dienone is 1. The van der Waals surface area contributed by atoms with Gasteiger partial charge in [0.2, 0.25) is 0 Å². The lowest BCUT2D eigenvalue weighted by atomic mass is 9.79. The van der Waals surface area contributed by atoms with Gasteiger partial charge in [0.05, 0.1) is 5.82 Å². The van der Waals surface area contributed by atoms with Gasteiger partial charge in [0.25, 0.3) is 0 Å². The monoisotopic (exact) mass is 231 g/mol. The van der Waals surface area contributed by atoms with Crippen molar-refractivity contribution < 1.29 is 22.1 Å². The molecule has 0 aliphatic heterocycles. The van der Waals surface area contributed by atoms with Crippen molar-refractivity contribution in [3.8, 4) is 0 Å². The number of carbonyl (C=O) groups excluding carboxylic acids is 1. The molecule has 0 aromatic heterocycles. The minimum Gasteiger partial charge on any atom is -0.445 e. The molecule has 0 radical (unpaired) electrons. The summed E-state index contributed by atoms with van der Waals surface area (Å²) >= 11 is 0. The first-order chi connectivity index (χ1) is 7.30. The van der Waals surface area contributed by atoms with Gasteiger partial charge in [-0.25, -0.2) is 4.39 Å². The van der Waals surface area contributed by atoms with Crippen molar-refractivity contribution in [2.45, 2.75) is 6.92 Å². The van der Waals surface area contributed by atoms with Crippen molar-refractivity contribution in [2.24, 2.45) is 0 Å². The molecule has 0 aliphatic carbocycles. The van der Waals surface area contributed by atoms with E-state index in [9.17, 15) is 22.1 Å². The molecule has 0 saturated heterocycles.